The van der Waals surface area contributed by atoms with Crippen molar-refractivity contribution in [2.75, 3.05) is 6.61 Å². The predicted octanol–water partition coefficient (Wildman–Crippen LogP) is 4.26. The molecule has 2 aromatic rings. The van der Waals surface area contributed by atoms with Crippen LogP contribution in [0.1, 0.15) is 41.5 Å². The molecule has 0 N–H and O–H groups in total. The molecule has 1 saturated heterocycles. The quantitative estimate of drug-likeness (QED) is 0.290. The first-order chi connectivity index (χ1) is 17.4. The van der Waals surface area contributed by atoms with Gasteiger partial charge in [0, 0.05) is 6.92 Å². The summed E-state index contributed by atoms with van der Waals surface area (Å²) < 4.78 is 28.9. The molecule has 1 aliphatic rings. The fourth-order valence-electron chi connectivity index (χ4n) is 3.65. The Labute approximate surface area is 210 Å². The zero-order valence-electron chi connectivity index (χ0n) is 20.4. The minimum atomic E-state index is -1.21. The van der Waals surface area contributed by atoms with Crippen LogP contribution in [0.2, 0.25) is 0 Å². The Kier molecular flexibility index (Phi) is 9.97. The standard InChI is InChI=1S/C28H30O8/c1-4-5-6-13-18-32-28-25(36-27(31)22-16-11-8-12-17-22)24(34-20(3)29)23(19(2)33-28)35-26(30)21-14-9-7-10-15-21/h4-17,19,23-25,28H,18H2,1-3H3/b5-4+,13-6+/t19?,23-,24+,25?,28+/m0/s1. The Morgan fingerprint density at radius 1 is 0.806 bits per heavy atom. The van der Waals surface area contributed by atoms with Crippen molar-refractivity contribution in [1.29, 1.82) is 0 Å². The third-order valence-electron chi connectivity index (χ3n) is 5.33. The van der Waals surface area contributed by atoms with E-state index in [1.807, 2.05) is 19.1 Å². The van der Waals surface area contributed by atoms with E-state index in [-0.39, 0.29) is 6.61 Å². The molecule has 0 saturated carbocycles. The Hall–Kier alpha value is -3.75. The molecule has 190 valence electrons. The summed E-state index contributed by atoms with van der Waals surface area (Å²) in [5.41, 5.74) is 0.610. The third kappa shape index (κ3) is 7.37. The maximum atomic E-state index is 12.9. The zero-order chi connectivity index (χ0) is 25.9. The maximum absolute atomic E-state index is 12.9. The highest BCUT2D eigenvalue weighted by Crippen LogP contribution is 2.30. The number of carbonyl (C=O) groups is 3. The van der Waals surface area contributed by atoms with E-state index in [1.165, 1.54) is 6.92 Å². The van der Waals surface area contributed by atoms with E-state index in [2.05, 4.69) is 0 Å². The van der Waals surface area contributed by atoms with Gasteiger partial charge in [0.15, 0.2) is 24.6 Å². The van der Waals surface area contributed by atoms with Gasteiger partial charge in [0.2, 0.25) is 0 Å². The van der Waals surface area contributed by atoms with Crippen LogP contribution in [0.15, 0.2) is 85.0 Å². The molecule has 2 aromatic carbocycles. The number of hydrogen-bond donors (Lipinski definition) is 0. The summed E-state index contributed by atoms with van der Waals surface area (Å²) in [5, 5.41) is 0. The van der Waals surface area contributed by atoms with E-state index in [0.717, 1.165) is 0 Å². The van der Waals surface area contributed by atoms with Crippen LogP contribution in [0, 0.1) is 0 Å². The summed E-state index contributed by atoms with van der Waals surface area (Å²) in [6, 6.07) is 16.8. The Morgan fingerprint density at radius 2 is 1.36 bits per heavy atom. The summed E-state index contributed by atoms with van der Waals surface area (Å²) in [6.45, 7) is 4.92. The molecule has 2 unspecified atom stereocenters. The summed E-state index contributed by atoms with van der Waals surface area (Å²) in [7, 11) is 0. The Bertz CT molecular complexity index is 1060. The number of ether oxygens (including phenoxy) is 5. The first-order valence-corrected chi connectivity index (χ1v) is 11.6. The van der Waals surface area contributed by atoms with Crippen LogP contribution in [0.4, 0.5) is 0 Å². The molecule has 0 amide bonds. The molecule has 8 heteroatoms. The molecule has 1 fully saturated rings. The van der Waals surface area contributed by atoms with Gasteiger partial charge in [-0.3, -0.25) is 4.79 Å². The predicted molar refractivity (Wildman–Crippen MR) is 131 cm³/mol. The van der Waals surface area contributed by atoms with Crippen molar-refractivity contribution in [3.8, 4) is 0 Å². The Balaban J connectivity index is 1.89. The molecule has 0 radical (unpaired) electrons. The monoisotopic (exact) mass is 494 g/mol. The smallest absolute Gasteiger partial charge is 0.338 e. The van der Waals surface area contributed by atoms with Gasteiger partial charge in [-0.05, 0) is 38.1 Å². The van der Waals surface area contributed by atoms with Crippen LogP contribution >= 0.6 is 0 Å². The molecule has 36 heavy (non-hydrogen) atoms. The number of hydrogen-bond acceptors (Lipinski definition) is 8. The fourth-order valence-corrected chi connectivity index (χ4v) is 3.65. The molecule has 0 spiro atoms. The highest BCUT2D eigenvalue weighted by atomic mass is 16.7. The van der Waals surface area contributed by atoms with Gasteiger partial charge in [0.05, 0.1) is 23.8 Å². The van der Waals surface area contributed by atoms with Crippen molar-refractivity contribution in [2.45, 2.75) is 51.5 Å². The highest BCUT2D eigenvalue weighted by molar-refractivity contribution is 5.90. The van der Waals surface area contributed by atoms with Crippen molar-refractivity contribution in [2.24, 2.45) is 0 Å². The molecule has 8 nitrogen and oxygen atoms in total. The number of carbonyl (C=O) groups excluding carboxylic acids is 3. The lowest BCUT2D eigenvalue weighted by Crippen LogP contribution is -2.61. The van der Waals surface area contributed by atoms with Crippen LogP contribution in [0.25, 0.3) is 0 Å². The molecule has 1 aliphatic heterocycles. The molecule has 0 bridgehead atoms. The number of benzene rings is 2. The summed E-state index contributed by atoms with van der Waals surface area (Å²) >= 11 is 0. The highest BCUT2D eigenvalue weighted by Gasteiger charge is 2.51. The number of allylic oxidation sites excluding steroid dienone is 3. The normalized spacial score (nSPS) is 23.9. The van der Waals surface area contributed by atoms with Crippen molar-refractivity contribution >= 4 is 17.9 Å². The second kappa shape index (κ2) is 13.4. The minimum absolute atomic E-state index is 0.141. The van der Waals surface area contributed by atoms with E-state index in [1.54, 1.807) is 79.7 Å². The first-order valence-electron chi connectivity index (χ1n) is 11.6. The van der Waals surface area contributed by atoms with Crippen molar-refractivity contribution < 1.29 is 38.1 Å². The van der Waals surface area contributed by atoms with Crippen LogP contribution in [0.5, 0.6) is 0 Å². The largest absolute Gasteiger partial charge is 0.454 e. The van der Waals surface area contributed by atoms with Gasteiger partial charge in [-0.2, -0.15) is 0 Å². The Morgan fingerprint density at radius 3 is 1.89 bits per heavy atom. The number of esters is 3. The first kappa shape index (κ1) is 26.8. The topological polar surface area (TPSA) is 97.4 Å². The van der Waals surface area contributed by atoms with Crippen LogP contribution < -0.4 is 0 Å². The van der Waals surface area contributed by atoms with Gasteiger partial charge >= 0.3 is 17.9 Å². The molecular weight excluding hydrogens is 464 g/mol. The van der Waals surface area contributed by atoms with Crippen molar-refractivity contribution in [3.05, 3.63) is 96.1 Å². The van der Waals surface area contributed by atoms with Crippen molar-refractivity contribution in [1.82, 2.24) is 0 Å². The van der Waals surface area contributed by atoms with E-state index in [0.29, 0.717) is 11.1 Å². The third-order valence-corrected chi connectivity index (χ3v) is 5.33. The molecule has 0 aliphatic carbocycles. The van der Waals surface area contributed by atoms with E-state index in [4.69, 9.17) is 23.7 Å². The summed E-state index contributed by atoms with van der Waals surface area (Å²) in [4.78, 5) is 37.8. The van der Waals surface area contributed by atoms with Crippen LogP contribution in [-0.2, 0) is 28.5 Å². The minimum Gasteiger partial charge on any atom is -0.454 e. The molecular formula is C28H30O8. The van der Waals surface area contributed by atoms with Gasteiger partial charge in [-0.1, -0.05) is 60.7 Å². The average molecular weight is 495 g/mol. The average Bonchev–Trinajstić information content (AvgIpc) is 2.88. The van der Waals surface area contributed by atoms with Gasteiger partial charge in [0.1, 0.15) is 0 Å². The van der Waals surface area contributed by atoms with Gasteiger partial charge < -0.3 is 23.7 Å². The lowest BCUT2D eigenvalue weighted by atomic mass is 9.98. The zero-order valence-corrected chi connectivity index (χ0v) is 20.4. The second-order valence-electron chi connectivity index (χ2n) is 8.04. The van der Waals surface area contributed by atoms with Gasteiger partial charge in [-0.15, -0.1) is 0 Å². The van der Waals surface area contributed by atoms with Crippen LogP contribution in [-0.4, -0.2) is 55.2 Å². The molecule has 3 rings (SSSR count). The van der Waals surface area contributed by atoms with Crippen molar-refractivity contribution in [3.63, 3.8) is 0 Å². The fraction of sp³-hybridized carbons (Fsp3) is 0.321. The van der Waals surface area contributed by atoms with Gasteiger partial charge in [0.25, 0.3) is 0 Å². The lowest BCUT2D eigenvalue weighted by Gasteiger charge is -2.43. The molecule has 5 atom stereocenters. The summed E-state index contributed by atoms with van der Waals surface area (Å²) in [6.07, 6.45) is 1.99. The maximum Gasteiger partial charge on any atom is 0.338 e. The molecule has 1 heterocycles. The van der Waals surface area contributed by atoms with E-state index >= 15 is 0 Å². The van der Waals surface area contributed by atoms with E-state index < -0.39 is 48.6 Å². The van der Waals surface area contributed by atoms with Gasteiger partial charge in [-0.25, -0.2) is 9.59 Å². The van der Waals surface area contributed by atoms with E-state index in [9.17, 15) is 14.4 Å². The molecule has 0 aromatic heterocycles. The lowest BCUT2D eigenvalue weighted by molar-refractivity contribution is -0.291. The summed E-state index contributed by atoms with van der Waals surface area (Å²) in [5.74, 6) is -1.93. The second-order valence-corrected chi connectivity index (χ2v) is 8.04. The number of rotatable bonds is 9. The van der Waals surface area contributed by atoms with Crippen LogP contribution in [0.3, 0.4) is 0 Å². The SMILES string of the molecule is C/C=C/C=C/CO[C@@H]1OC(C)[C@H](OC(=O)c2ccccc2)[C@@H](OC(C)=O)C1OC(=O)c1ccccc1.